The molecular formula is C22H23N3O2S. The van der Waals surface area contributed by atoms with Gasteiger partial charge >= 0.3 is 0 Å². The predicted octanol–water partition coefficient (Wildman–Crippen LogP) is 4.76. The van der Waals surface area contributed by atoms with Crippen molar-refractivity contribution < 1.29 is 9.53 Å². The number of nitrogens with one attached hydrogen (secondary N) is 1. The third-order valence-electron chi connectivity index (χ3n) is 4.78. The number of para-hydroxylation sites is 1. The minimum absolute atomic E-state index is 0.0653. The lowest BCUT2D eigenvalue weighted by atomic mass is 10.1. The number of hydrogen-bond acceptors (Lipinski definition) is 4. The number of ether oxygens (including phenoxy) is 1. The smallest absolute Gasteiger partial charge is 0.221 e. The fraction of sp³-hybridized carbons (Fsp3) is 0.273. The van der Waals surface area contributed by atoms with Crippen LogP contribution in [-0.2, 0) is 9.53 Å². The van der Waals surface area contributed by atoms with Gasteiger partial charge in [0.05, 0.1) is 11.4 Å². The summed E-state index contributed by atoms with van der Waals surface area (Å²) in [4.78, 5) is 17.2. The molecule has 1 N–H and O–H groups in total. The van der Waals surface area contributed by atoms with Gasteiger partial charge in [-0.3, -0.25) is 4.79 Å². The average Bonchev–Trinajstić information content (AvgIpc) is 3.13. The van der Waals surface area contributed by atoms with Gasteiger partial charge in [-0.1, -0.05) is 30.3 Å². The van der Waals surface area contributed by atoms with Crippen molar-refractivity contribution in [2.24, 2.45) is 4.99 Å². The van der Waals surface area contributed by atoms with E-state index in [-0.39, 0.29) is 5.91 Å². The van der Waals surface area contributed by atoms with E-state index >= 15 is 0 Å². The van der Waals surface area contributed by atoms with Crippen LogP contribution in [0, 0.1) is 0 Å². The fourth-order valence-corrected chi connectivity index (χ4v) is 4.44. The van der Waals surface area contributed by atoms with E-state index in [1.165, 1.54) is 6.92 Å². The number of nitrogens with zero attached hydrogens (tertiary/aromatic N) is 2. The zero-order chi connectivity index (χ0) is 19.3. The molecule has 1 aliphatic rings. The van der Waals surface area contributed by atoms with Crippen LogP contribution in [0.15, 0.2) is 65.0 Å². The molecule has 6 heteroatoms. The first kappa shape index (κ1) is 18.7. The summed E-state index contributed by atoms with van der Waals surface area (Å²) in [5, 5.41) is 4.99. The zero-order valence-corrected chi connectivity index (χ0v) is 16.6. The lowest BCUT2D eigenvalue weighted by Crippen LogP contribution is -2.27. The molecule has 0 unspecified atom stereocenters. The van der Waals surface area contributed by atoms with Gasteiger partial charge in [0.15, 0.2) is 4.80 Å². The Hall–Kier alpha value is -2.70. The van der Waals surface area contributed by atoms with Crippen molar-refractivity contribution in [3.63, 3.8) is 0 Å². The third-order valence-corrected chi connectivity index (χ3v) is 5.62. The van der Waals surface area contributed by atoms with Crippen LogP contribution in [0.25, 0.3) is 11.3 Å². The van der Waals surface area contributed by atoms with E-state index in [4.69, 9.17) is 9.73 Å². The summed E-state index contributed by atoms with van der Waals surface area (Å²) in [6.45, 7) is 3.07. The summed E-state index contributed by atoms with van der Waals surface area (Å²) in [7, 11) is 0. The van der Waals surface area contributed by atoms with Crippen molar-refractivity contribution >= 4 is 28.6 Å². The van der Waals surface area contributed by atoms with Crippen LogP contribution in [0.3, 0.4) is 0 Å². The Balaban J connectivity index is 1.76. The molecule has 0 saturated carbocycles. The lowest BCUT2D eigenvalue weighted by Gasteiger charge is -2.25. The molecule has 0 radical (unpaired) electrons. The van der Waals surface area contributed by atoms with Crippen molar-refractivity contribution in [1.82, 2.24) is 4.57 Å². The molecule has 0 aliphatic carbocycles. The topological polar surface area (TPSA) is 55.6 Å². The average molecular weight is 394 g/mol. The molecule has 5 nitrogen and oxygen atoms in total. The summed E-state index contributed by atoms with van der Waals surface area (Å²) < 4.78 is 7.93. The second-order valence-electron chi connectivity index (χ2n) is 6.82. The number of aromatic nitrogens is 1. The van der Waals surface area contributed by atoms with Gasteiger partial charge < -0.3 is 14.6 Å². The summed E-state index contributed by atoms with van der Waals surface area (Å²) in [5.74, 6) is -0.0653. The summed E-state index contributed by atoms with van der Waals surface area (Å²) in [5.41, 5.74) is 4.03. The molecule has 0 spiro atoms. The highest BCUT2D eigenvalue weighted by Gasteiger charge is 2.20. The molecule has 2 aromatic carbocycles. The Bertz CT molecular complexity index is 1000. The number of benzene rings is 2. The molecule has 1 fully saturated rings. The predicted molar refractivity (Wildman–Crippen MR) is 113 cm³/mol. The molecule has 1 amide bonds. The first-order valence-electron chi connectivity index (χ1n) is 9.46. The highest BCUT2D eigenvalue weighted by Crippen LogP contribution is 2.29. The van der Waals surface area contributed by atoms with Gasteiger partial charge in [0.1, 0.15) is 0 Å². The standard InChI is InChI=1S/C22H23N3O2S/c1-16(26)23-19-9-7-17(8-10-19)21-15-28-22(24-18-5-3-2-4-6-18)25(21)20-11-13-27-14-12-20/h2-10,15,20H,11-14H2,1H3,(H,23,26). The van der Waals surface area contributed by atoms with E-state index in [9.17, 15) is 4.79 Å². The van der Waals surface area contributed by atoms with Crippen LogP contribution in [-0.4, -0.2) is 23.7 Å². The quantitative estimate of drug-likeness (QED) is 0.695. The first-order chi connectivity index (χ1) is 13.7. The van der Waals surface area contributed by atoms with E-state index in [0.29, 0.717) is 6.04 Å². The monoisotopic (exact) mass is 393 g/mol. The van der Waals surface area contributed by atoms with Crippen molar-refractivity contribution in [3.8, 4) is 11.3 Å². The van der Waals surface area contributed by atoms with Crippen LogP contribution < -0.4 is 10.1 Å². The minimum atomic E-state index is -0.0653. The van der Waals surface area contributed by atoms with Gasteiger partial charge in [0.25, 0.3) is 0 Å². The fourth-order valence-electron chi connectivity index (χ4n) is 3.45. The molecule has 1 aliphatic heterocycles. The van der Waals surface area contributed by atoms with Crippen LogP contribution in [0.1, 0.15) is 25.8 Å². The SMILES string of the molecule is CC(=O)Nc1ccc(-c2csc(=Nc3ccccc3)n2C2CCOCC2)cc1. The number of amides is 1. The molecule has 2 heterocycles. The van der Waals surface area contributed by atoms with Crippen LogP contribution in [0.4, 0.5) is 11.4 Å². The number of carbonyl (C=O) groups excluding carboxylic acids is 1. The Morgan fingerprint density at radius 2 is 1.82 bits per heavy atom. The highest BCUT2D eigenvalue weighted by atomic mass is 32.1. The zero-order valence-electron chi connectivity index (χ0n) is 15.8. The molecule has 1 saturated heterocycles. The van der Waals surface area contributed by atoms with E-state index < -0.39 is 0 Å². The minimum Gasteiger partial charge on any atom is -0.381 e. The number of hydrogen-bond donors (Lipinski definition) is 1. The number of rotatable bonds is 4. The van der Waals surface area contributed by atoms with Gasteiger partial charge in [0, 0.05) is 37.2 Å². The number of anilines is 1. The molecule has 28 heavy (non-hydrogen) atoms. The molecule has 144 valence electrons. The third kappa shape index (κ3) is 4.24. The summed E-state index contributed by atoms with van der Waals surface area (Å²) in [6, 6.07) is 18.4. The lowest BCUT2D eigenvalue weighted by molar-refractivity contribution is -0.114. The second kappa shape index (κ2) is 8.54. The van der Waals surface area contributed by atoms with Gasteiger partial charge in [-0.25, -0.2) is 4.99 Å². The maximum absolute atomic E-state index is 11.3. The molecule has 1 aromatic heterocycles. The molecule has 3 aromatic rings. The molecule has 0 bridgehead atoms. The van der Waals surface area contributed by atoms with Crippen molar-refractivity contribution in [2.45, 2.75) is 25.8 Å². The highest BCUT2D eigenvalue weighted by molar-refractivity contribution is 7.07. The maximum atomic E-state index is 11.3. The van der Waals surface area contributed by atoms with E-state index in [1.807, 2.05) is 42.5 Å². The van der Waals surface area contributed by atoms with Crippen molar-refractivity contribution in [1.29, 1.82) is 0 Å². The molecular weight excluding hydrogens is 370 g/mol. The van der Waals surface area contributed by atoms with Crippen LogP contribution >= 0.6 is 11.3 Å². The Labute approximate surface area is 168 Å². The van der Waals surface area contributed by atoms with Gasteiger partial charge in [-0.05, 0) is 42.7 Å². The Morgan fingerprint density at radius 3 is 2.50 bits per heavy atom. The van der Waals surface area contributed by atoms with Crippen molar-refractivity contribution in [2.75, 3.05) is 18.5 Å². The van der Waals surface area contributed by atoms with Gasteiger partial charge in [-0.15, -0.1) is 11.3 Å². The first-order valence-corrected chi connectivity index (χ1v) is 10.3. The van der Waals surface area contributed by atoms with E-state index in [0.717, 1.165) is 53.5 Å². The summed E-state index contributed by atoms with van der Waals surface area (Å²) >= 11 is 1.66. The van der Waals surface area contributed by atoms with Crippen LogP contribution in [0.2, 0.25) is 0 Å². The molecule has 0 atom stereocenters. The largest absolute Gasteiger partial charge is 0.381 e. The van der Waals surface area contributed by atoms with E-state index in [2.05, 4.69) is 27.4 Å². The molecule has 4 rings (SSSR count). The van der Waals surface area contributed by atoms with Crippen LogP contribution in [0.5, 0.6) is 0 Å². The van der Waals surface area contributed by atoms with Gasteiger partial charge in [-0.2, -0.15) is 0 Å². The normalized spacial score (nSPS) is 15.5. The number of thiazole rings is 1. The van der Waals surface area contributed by atoms with E-state index in [1.54, 1.807) is 11.3 Å². The summed E-state index contributed by atoms with van der Waals surface area (Å²) in [6.07, 6.45) is 1.96. The Morgan fingerprint density at radius 1 is 1.11 bits per heavy atom. The Kier molecular flexibility index (Phi) is 5.69. The number of carbonyl (C=O) groups is 1. The maximum Gasteiger partial charge on any atom is 0.221 e. The van der Waals surface area contributed by atoms with Crippen molar-refractivity contribution in [3.05, 3.63) is 64.8 Å². The van der Waals surface area contributed by atoms with Gasteiger partial charge in [0.2, 0.25) is 5.91 Å². The second-order valence-corrected chi connectivity index (χ2v) is 7.66.